The van der Waals surface area contributed by atoms with Gasteiger partial charge in [-0.2, -0.15) is 0 Å². The Morgan fingerprint density at radius 3 is 1.63 bits per heavy atom. The largest absolute Gasteiger partial charge is 0.333 e. The average molecular weight is 504 g/mol. The number of carbonyl (C=O) groups excluding carboxylic acids is 3. The van der Waals surface area contributed by atoms with Crippen LogP contribution in [0.5, 0.6) is 0 Å². The molecule has 0 atom stereocenters. The Balaban J connectivity index is 1.70. The Labute approximate surface area is 195 Å². The number of rotatable bonds is 8. The van der Waals surface area contributed by atoms with Crippen LogP contribution in [-0.2, 0) is 21.4 Å². The van der Waals surface area contributed by atoms with Crippen molar-refractivity contribution in [1.29, 1.82) is 0 Å². The number of nitrogens with zero attached hydrogens (tertiary/aromatic N) is 2. The maximum atomic E-state index is 14.6. The molecule has 0 bridgehead atoms. The van der Waals surface area contributed by atoms with Crippen LogP contribution >= 0.6 is 0 Å². The lowest BCUT2D eigenvalue weighted by Gasteiger charge is -2.34. The van der Waals surface area contributed by atoms with Crippen LogP contribution in [0.3, 0.4) is 0 Å². The Kier molecular flexibility index (Phi) is 7.23. The van der Waals surface area contributed by atoms with Gasteiger partial charge in [0.25, 0.3) is 11.8 Å². The third kappa shape index (κ3) is 5.63. The molecule has 0 spiro atoms. The van der Waals surface area contributed by atoms with Crippen LogP contribution in [0, 0.1) is 24.4 Å². The summed E-state index contributed by atoms with van der Waals surface area (Å²) in [7, 11) is 0. The van der Waals surface area contributed by atoms with Crippen molar-refractivity contribution in [2.75, 3.05) is 13.1 Å². The zero-order valence-electron chi connectivity index (χ0n) is 18.3. The van der Waals surface area contributed by atoms with Crippen molar-refractivity contribution < 1.29 is 45.1 Å². The summed E-state index contributed by atoms with van der Waals surface area (Å²) in [5.41, 5.74) is -1.48. The Morgan fingerprint density at radius 2 is 1.17 bits per heavy atom. The molecule has 35 heavy (non-hydrogen) atoms. The van der Waals surface area contributed by atoms with Gasteiger partial charge in [-0.05, 0) is 42.8 Å². The summed E-state index contributed by atoms with van der Waals surface area (Å²) in [6.45, 7) is -0.447. The molecule has 0 N–H and O–H groups in total. The number of urea groups is 1. The SMILES string of the molecule is Cc1cc(C(F)(F)CCN2C(=O)CC(=O)N(CCC(F)(F)c3ccc(F)c(F)c3)C2=O)ccc1F. The number of barbiturate groups is 1. The minimum absolute atomic E-state index is 0.0361. The predicted molar refractivity (Wildman–Crippen MR) is 108 cm³/mol. The minimum Gasteiger partial charge on any atom is -0.274 e. The normalized spacial score (nSPS) is 15.3. The van der Waals surface area contributed by atoms with Gasteiger partial charge in [0.1, 0.15) is 12.2 Å². The molecule has 2 aromatic rings. The van der Waals surface area contributed by atoms with E-state index in [-0.39, 0.29) is 11.6 Å². The lowest BCUT2D eigenvalue weighted by atomic mass is 10.0. The van der Waals surface area contributed by atoms with Gasteiger partial charge >= 0.3 is 6.03 Å². The van der Waals surface area contributed by atoms with Crippen molar-refractivity contribution in [3.8, 4) is 0 Å². The number of hydrogen-bond acceptors (Lipinski definition) is 3. The van der Waals surface area contributed by atoms with Gasteiger partial charge in [0.05, 0.1) is 0 Å². The number of alkyl halides is 4. The molecule has 5 nitrogen and oxygen atoms in total. The fourth-order valence-electron chi connectivity index (χ4n) is 3.51. The maximum Gasteiger partial charge on any atom is 0.333 e. The quantitative estimate of drug-likeness (QED) is 0.364. The molecule has 12 heteroatoms. The third-order valence-corrected chi connectivity index (χ3v) is 5.59. The van der Waals surface area contributed by atoms with E-state index in [1.165, 1.54) is 6.92 Å². The van der Waals surface area contributed by atoms with Crippen LogP contribution in [-0.4, -0.2) is 40.7 Å². The van der Waals surface area contributed by atoms with Gasteiger partial charge in [-0.25, -0.2) is 35.5 Å². The van der Waals surface area contributed by atoms with Crippen LogP contribution in [0.2, 0.25) is 0 Å². The highest BCUT2D eigenvalue weighted by Gasteiger charge is 2.42. The van der Waals surface area contributed by atoms with Gasteiger partial charge in [0.2, 0.25) is 11.8 Å². The topological polar surface area (TPSA) is 57.7 Å². The predicted octanol–water partition coefficient (Wildman–Crippen LogP) is 5.26. The van der Waals surface area contributed by atoms with Crippen LogP contribution in [0.1, 0.15) is 36.0 Å². The molecule has 2 aromatic carbocycles. The Bertz CT molecular complexity index is 1080. The highest BCUT2D eigenvalue weighted by molar-refractivity contribution is 6.14. The molecule has 1 heterocycles. The second kappa shape index (κ2) is 9.67. The number of imide groups is 2. The molecule has 0 aliphatic carbocycles. The molecular formula is C23H19F7N2O3. The average Bonchev–Trinajstić information content (AvgIpc) is 2.76. The van der Waals surface area contributed by atoms with Gasteiger partial charge < -0.3 is 0 Å². The number of hydrogen-bond donors (Lipinski definition) is 0. The first-order valence-electron chi connectivity index (χ1n) is 10.4. The molecular weight excluding hydrogens is 485 g/mol. The number of amides is 4. The van der Waals surface area contributed by atoms with Crippen molar-refractivity contribution in [3.63, 3.8) is 0 Å². The summed E-state index contributed by atoms with van der Waals surface area (Å²) in [6.07, 6.45) is -3.13. The van der Waals surface area contributed by atoms with E-state index < -0.39 is 90.6 Å². The number of aryl methyl sites for hydroxylation is 1. The van der Waals surface area contributed by atoms with Crippen molar-refractivity contribution in [2.24, 2.45) is 0 Å². The standard InChI is InChI=1S/C23H19F7N2O3/c1-13-10-14(2-4-16(13)24)22(27,28)6-8-31-19(33)12-20(34)32(21(31)35)9-7-23(29,30)15-3-5-17(25)18(26)11-15/h2-5,10-11H,6-9,12H2,1H3. The first-order valence-corrected chi connectivity index (χ1v) is 10.4. The van der Waals surface area contributed by atoms with Crippen LogP contribution in [0.15, 0.2) is 36.4 Å². The second-order valence-corrected chi connectivity index (χ2v) is 8.05. The van der Waals surface area contributed by atoms with Crippen molar-refractivity contribution >= 4 is 17.8 Å². The van der Waals surface area contributed by atoms with Gasteiger partial charge in [-0.15, -0.1) is 0 Å². The molecule has 1 fully saturated rings. The van der Waals surface area contributed by atoms with Crippen molar-refractivity contribution in [1.82, 2.24) is 9.80 Å². The van der Waals surface area contributed by atoms with Gasteiger partial charge in [0.15, 0.2) is 11.6 Å². The van der Waals surface area contributed by atoms with E-state index in [1.54, 1.807) is 0 Å². The molecule has 0 aromatic heterocycles. The van der Waals surface area contributed by atoms with Crippen molar-refractivity contribution in [2.45, 2.75) is 38.0 Å². The summed E-state index contributed by atoms with van der Waals surface area (Å²) < 4.78 is 97.8. The van der Waals surface area contributed by atoms with Crippen LogP contribution < -0.4 is 0 Å². The fraction of sp³-hybridized carbons (Fsp3) is 0.348. The second-order valence-electron chi connectivity index (χ2n) is 8.05. The van der Waals surface area contributed by atoms with Gasteiger partial charge in [0, 0.05) is 37.1 Å². The Hall–Kier alpha value is -3.44. The smallest absolute Gasteiger partial charge is 0.274 e. The fourth-order valence-corrected chi connectivity index (χ4v) is 3.51. The van der Waals surface area contributed by atoms with E-state index in [0.29, 0.717) is 21.9 Å². The van der Waals surface area contributed by atoms with Crippen LogP contribution in [0.4, 0.5) is 35.5 Å². The zero-order chi connectivity index (χ0) is 26.1. The summed E-state index contributed by atoms with van der Waals surface area (Å²) >= 11 is 0. The summed E-state index contributed by atoms with van der Waals surface area (Å²) in [5, 5.41) is 0. The molecule has 4 amide bonds. The van der Waals surface area contributed by atoms with Crippen LogP contribution in [0.25, 0.3) is 0 Å². The maximum absolute atomic E-state index is 14.6. The molecule has 0 radical (unpaired) electrons. The monoisotopic (exact) mass is 504 g/mol. The highest BCUT2D eigenvalue weighted by atomic mass is 19.3. The third-order valence-electron chi connectivity index (χ3n) is 5.59. The van der Waals surface area contributed by atoms with E-state index in [2.05, 4.69) is 0 Å². The Morgan fingerprint density at radius 1 is 0.714 bits per heavy atom. The first-order chi connectivity index (χ1) is 16.2. The summed E-state index contributed by atoms with van der Waals surface area (Å²) in [4.78, 5) is 37.6. The number of halogens is 7. The van der Waals surface area contributed by atoms with Gasteiger partial charge in [-0.3, -0.25) is 19.4 Å². The first kappa shape index (κ1) is 26.2. The number of carbonyl (C=O) groups is 3. The van der Waals surface area contributed by atoms with E-state index in [0.717, 1.165) is 18.2 Å². The van der Waals surface area contributed by atoms with E-state index in [4.69, 9.17) is 0 Å². The van der Waals surface area contributed by atoms with Crippen molar-refractivity contribution in [3.05, 3.63) is 70.5 Å². The molecule has 0 saturated carbocycles. The molecule has 0 unspecified atom stereocenters. The summed E-state index contributed by atoms with van der Waals surface area (Å²) in [6, 6.07) is 2.71. The van der Waals surface area contributed by atoms with Gasteiger partial charge in [-0.1, -0.05) is 6.07 Å². The molecule has 1 aliphatic heterocycles. The minimum atomic E-state index is -3.77. The van der Waals surface area contributed by atoms with E-state index in [1.807, 2.05) is 0 Å². The lowest BCUT2D eigenvalue weighted by Crippen LogP contribution is -2.56. The molecule has 1 aliphatic rings. The van der Waals surface area contributed by atoms with E-state index >= 15 is 0 Å². The molecule has 188 valence electrons. The lowest BCUT2D eigenvalue weighted by molar-refractivity contribution is -0.143. The highest BCUT2D eigenvalue weighted by Crippen LogP contribution is 2.35. The van der Waals surface area contributed by atoms with E-state index in [9.17, 15) is 45.1 Å². The molecule has 1 saturated heterocycles. The molecule has 3 rings (SSSR count). The summed E-state index contributed by atoms with van der Waals surface area (Å²) in [5.74, 6) is -13.1. The number of benzene rings is 2. The zero-order valence-corrected chi connectivity index (χ0v) is 18.3.